The lowest BCUT2D eigenvalue weighted by atomic mass is 10.1. The van der Waals surface area contributed by atoms with Crippen LogP contribution in [0.1, 0.15) is 16.8 Å². The van der Waals surface area contributed by atoms with Crippen molar-refractivity contribution < 1.29 is 4.74 Å². The Balaban J connectivity index is 2.94. The predicted octanol–water partition coefficient (Wildman–Crippen LogP) is 1.27. The Labute approximate surface area is 76.6 Å². The van der Waals surface area contributed by atoms with Crippen LogP contribution in [0.15, 0.2) is 6.20 Å². The van der Waals surface area contributed by atoms with Gasteiger partial charge in [-0.15, -0.1) is 11.3 Å². The fourth-order valence-electron chi connectivity index (χ4n) is 0.890. The van der Waals surface area contributed by atoms with E-state index in [4.69, 9.17) is 10.5 Å². The third-order valence-electron chi connectivity index (χ3n) is 1.98. The van der Waals surface area contributed by atoms with Crippen LogP contribution in [0.3, 0.4) is 0 Å². The molecule has 0 aliphatic carbocycles. The molecule has 0 amide bonds. The number of methoxy groups -OCH3 is 1. The summed E-state index contributed by atoms with van der Waals surface area (Å²) >= 11 is 1.63. The molecule has 0 aromatic carbocycles. The van der Waals surface area contributed by atoms with Crippen LogP contribution in [0.25, 0.3) is 0 Å². The summed E-state index contributed by atoms with van der Waals surface area (Å²) in [5.74, 6) is 0. The molecular weight excluding hydrogens is 172 g/mol. The van der Waals surface area contributed by atoms with Crippen molar-refractivity contribution in [2.45, 2.75) is 19.4 Å². The first-order valence-corrected chi connectivity index (χ1v) is 4.62. The Morgan fingerprint density at radius 1 is 1.75 bits per heavy atom. The van der Waals surface area contributed by atoms with E-state index in [-0.39, 0.29) is 5.60 Å². The number of nitrogens with two attached hydrogens (primary N) is 1. The number of aromatic nitrogens is 1. The molecule has 12 heavy (non-hydrogen) atoms. The fraction of sp³-hybridized carbons (Fsp3) is 0.625. The van der Waals surface area contributed by atoms with E-state index in [0.29, 0.717) is 6.54 Å². The van der Waals surface area contributed by atoms with E-state index in [1.165, 1.54) is 0 Å². The van der Waals surface area contributed by atoms with Gasteiger partial charge in [0.1, 0.15) is 5.60 Å². The van der Waals surface area contributed by atoms with Gasteiger partial charge in [0.2, 0.25) is 0 Å². The Morgan fingerprint density at radius 2 is 2.42 bits per heavy atom. The zero-order valence-electron chi connectivity index (χ0n) is 7.63. The van der Waals surface area contributed by atoms with Gasteiger partial charge < -0.3 is 10.5 Å². The molecule has 4 heteroatoms. The third-order valence-corrected chi connectivity index (χ3v) is 3.14. The lowest BCUT2D eigenvalue weighted by Crippen LogP contribution is -2.32. The van der Waals surface area contributed by atoms with Gasteiger partial charge in [-0.1, -0.05) is 0 Å². The molecule has 0 saturated heterocycles. The van der Waals surface area contributed by atoms with E-state index in [1.807, 2.05) is 20.0 Å². The first kappa shape index (κ1) is 9.64. The highest BCUT2D eigenvalue weighted by Gasteiger charge is 2.26. The van der Waals surface area contributed by atoms with Crippen LogP contribution in [-0.4, -0.2) is 18.6 Å². The highest BCUT2D eigenvalue weighted by atomic mass is 32.1. The molecular formula is C8H14N2OS. The molecule has 0 spiro atoms. The SMILES string of the molecule is COC(C)(CN)c1cnc(C)s1. The Kier molecular flexibility index (Phi) is 2.82. The molecule has 0 radical (unpaired) electrons. The van der Waals surface area contributed by atoms with E-state index in [0.717, 1.165) is 9.88 Å². The number of ether oxygens (including phenoxy) is 1. The van der Waals surface area contributed by atoms with Gasteiger partial charge in [-0.05, 0) is 13.8 Å². The average Bonchev–Trinajstić information content (AvgIpc) is 2.51. The molecule has 0 aliphatic heterocycles. The number of aryl methyl sites for hydroxylation is 1. The number of rotatable bonds is 3. The molecule has 1 atom stereocenters. The summed E-state index contributed by atoms with van der Waals surface area (Å²) in [5.41, 5.74) is 5.24. The van der Waals surface area contributed by atoms with E-state index >= 15 is 0 Å². The van der Waals surface area contributed by atoms with E-state index in [2.05, 4.69) is 4.98 Å². The van der Waals surface area contributed by atoms with E-state index in [9.17, 15) is 0 Å². The highest BCUT2D eigenvalue weighted by molar-refractivity contribution is 7.11. The van der Waals surface area contributed by atoms with Crippen molar-refractivity contribution in [2.75, 3.05) is 13.7 Å². The molecule has 0 saturated carbocycles. The van der Waals surface area contributed by atoms with Gasteiger partial charge in [-0.2, -0.15) is 0 Å². The molecule has 1 aromatic heterocycles. The van der Waals surface area contributed by atoms with Gasteiger partial charge in [0.25, 0.3) is 0 Å². The minimum Gasteiger partial charge on any atom is -0.372 e. The molecule has 0 fully saturated rings. The van der Waals surface area contributed by atoms with Gasteiger partial charge in [-0.3, -0.25) is 0 Å². The van der Waals surface area contributed by atoms with Crippen LogP contribution in [-0.2, 0) is 10.3 Å². The summed E-state index contributed by atoms with van der Waals surface area (Å²) in [4.78, 5) is 5.25. The second-order valence-electron chi connectivity index (χ2n) is 2.88. The van der Waals surface area contributed by atoms with E-state index < -0.39 is 0 Å². The van der Waals surface area contributed by atoms with Gasteiger partial charge in [-0.25, -0.2) is 4.98 Å². The molecule has 1 unspecified atom stereocenters. The maximum absolute atomic E-state index is 5.61. The Bertz CT molecular complexity index is 255. The predicted molar refractivity (Wildman–Crippen MR) is 50.3 cm³/mol. The third kappa shape index (κ3) is 1.65. The van der Waals surface area contributed by atoms with Crippen LogP contribution >= 0.6 is 11.3 Å². The van der Waals surface area contributed by atoms with Gasteiger partial charge >= 0.3 is 0 Å². The minimum atomic E-state index is -0.369. The summed E-state index contributed by atoms with van der Waals surface area (Å²) in [6, 6.07) is 0. The summed E-state index contributed by atoms with van der Waals surface area (Å²) < 4.78 is 5.33. The van der Waals surface area contributed by atoms with Crippen LogP contribution < -0.4 is 5.73 Å². The first-order chi connectivity index (χ1) is 5.62. The standard InChI is InChI=1S/C8H14N2OS/c1-6-10-4-7(12-6)8(2,5-9)11-3/h4H,5,9H2,1-3H3. The molecule has 1 aromatic rings. The average molecular weight is 186 g/mol. The lowest BCUT2D eigenvalue weighted by Gasteiger charge is -2.24. The molecule has 1 rings (SSSR count). The normalized spacial score (nSPS) is 16.0. The zero-order chi connectivity index (χ0) is 9.19. The summed E-state index contributed by atoms with van der Waals surface area (Å²) in [7, 11) is 1.67. The molecule has 2 N–H and O–H groups in total. The molecule has 0 aliphatic rings. The van der Waals surface area contributed by atoms with Crippen molar-refractivity contribution in [3.8, 4) is 0 Å². The smallest absolute Gasteiger partial charge is 0.113 e. The maximum atomic E-state index is 5.61. The van der Waals surface area contributed by atoms with Gasteiger partial charge in [0.05, 0.1) is 9.88 Å². The Hall–Kier alpha value is -0.450. The highest BCUT2D eigenvalue weighted by Crippen LogP contribution is 2.27. The van der Waals surface area contributed by atoms with Gasteiger partial charge in [0.15, 0.2) is 0 Å². The van der Waals surface area contributed by atoms with Crippen molar-refractivity contribution in [1.29, 1.82) is 0 Å². The summed E-state index contributed by atoms with van der Waals surface area (Å²) in [5, 5.41) is 1.04. The minimum absolute atomic E-state index is 0.369. The maximum Gasteiger partial charge on any atom is 0.113 e. The Morgan fingerprint density at radius 3 is 2.75 bits per heavy atom. The number of hydrogen-bond donors (Lipinski definition) is 1. The summed E-state index contributed by atoms with van der Waals surface area (Å²) in [6.07, 6.45) is 1.83. The second-order valence-corrected chi connectivity index (χ2v) is 4.12. The fourth-order valence-corrected chi connectivity index (χ4v) is 1.80. The monoisotopic (exact) mass is 186 g/mol. The van der Waals surface area contributed by atoms with Crippen molar-refractivity contribution in [3.63, 3.8) is 0 Å². The van der Waals surface area contributed by atoms with Gasteiger partial charge in [0, 0.05) is 19.9 Å². The van der Waals surface area contributed by atoms with Crippen LogP contribution in [0.2, 0.25) is 0 Å². The molecule has 0 bridgehead atoms. The largest absolute Gasteiger partial charge is 0.372 e. The number of hydrogen-bond acceptors (Lipinski definition) is 4. The van der Waals surface area contributed by atoms with Crippen molar-refractivity contribution in [2.24, 2.45) is 5.73 Å². The summed E-state index contributed by atoms with van der Waals surface area (Å²) in [6.45, 7) is 4.42. The lowest BCUT2D eigenvalue weighted by molar-refractivity contribution is 0.0131. The topological polar surface area (TPSA) is 48.1 Å². The van der Waals surface area contributed by atoms with Crippen LogP contribution in [0, 0.1) is 6.92 Å². The molecule has 3 nitrogen and oxygen atoms in total. The van der Waals surface area contributed by atoms with Crippen LogP contribution in [0.4, 0.5) is 0 Å². The number of thiazole rings is 1. The van der Waals surface area contributed by atoms with Crippen molar-refractivity contribution in [3.05, 3.63) is 16.1 Å². The van der Waals surface area contributed by atoms with Crippen molar-refractivity contribution >= 4 is 11.3 Å². The second kappa shape index (κ2) is 3.51. The number of nitrogens with zero attached hydrogens (tertiary/aromatic N) is 1. The van der Waals surface area contributed by atoms with Crippen LogP contribution in [0.5, 0.6) is 0 Å². The quantitative estimate of drug-likeness (QED) is 0.773. The van der Waals surface area contributed by atoms with E-state index in [1.54, 1.807) is 18.4 Å². The molecule has 1 heterocycles. The van der Waals surface area contributed by atoms with Crippen molar-refractivity contribution in [1.82, 2.24) is 4.98 Å². The zero-order valence-corrected chi connectivity index (χ0v) is 8.44. The molecule has 68 valence electrons. The first-order valence-electron chi connectivity index (χ1n) is 3.80.